The summed E-state index contributed by atoms with van der Waals surface area (Å²) >= 11 is 0. The van der Waals surface area contributed by atoms with E-state index in [1.807, 2.05) is 43.3 Å². The second-order valence-corrected chi connectivity index (χ2v) is 4.35. The minimum Gasteiger partial charge on any atom is -0.494 e. The molecule has 0 aromatic heterocycles. The molecule has 2 aromatic carbocycles. The highest BCUT2D eigenvalue weighted by molar-refractivity contribution is 5.88. The molecular formula is C15H17NO3. The van der Waals surface area contributed by atoms with Crippen molar-refractivity contribution in [1.29, 1.82) is 0 Å². The average Bonchev–Trinajstić information content (AvgIpc) is 2.41. The molecule has 2 aromatic rings. The van der Waals surface area contributed by atoms with E-state index in [4.69, 9.17) is 15.6 Å². The maximum atomic E-state index is 10.9. The number of carbonyl (C=O) groups is 1. The first-order valence-electron chi connectivity index (χ1n) is 6.25. The second-order valence-electron chi connectivity index (χ2n) is 4.35. The van der Waals surface area contributed by atoms with Gasteiger partial charge in [0.25, 0.3) is 0 Å². The first-order valence-corrected chi connectivity index (χ1v) is 6.25. The van der Waals surface area contributed by atoms with Crippen LogP contribution in [0.1, 0.15) is 12.5 Å². The molecule has 19 heavy (non-hydrogen) atoms. The predicted molar refractivity (Wildman–Crippen MR) is 74.4 cm³/mol. The number of carboxylic acid groups (broad SMARTS) is 1. The van der Waals surface area contributed by atoms with Gasteiger partial charge in [-0.25, -0.2) is 0 Å². The molecule has 4 heteroatoms. The third-order valence-electron chi connectivity index (χ3n) is 3.04. The van der Waals surface area contributed by atoms with Gasteiger partial charge in [0.05, 0.1) is 6.61 Å². The number of rotatable bonds is 5. The van der Waals surface area contributed by atoms with Crippen LogP contribution in [0, 0.1) is 0 Å². The van der Waals surface area contributed by atoms with E-state index in [1.165, 1.54) is 0 Å². The van der Waals surface area contributed by atoms with Crippen LogP contribution >= 0.6 is 0 Å². The van der Waals surface area contributed by atoms with Gasteiger partial charge in [-0.2, -0.15) is 0 Å². The molecule has 0 aliphatic rings. The van der Waals surface area contributed by atoms with Gasteiger partial charge in [0.1, 0.15) is 11.8 Å². The Balaban J connectivity index is 2.52. The Bertz CT molecular complexity index is 595. The molecule has 0 spiro atoms. The number of nitrogens with two attached hydrogens (primary N) is 1. The lowest BCUT2D eigenvalue weighted by molar-refractivity contribution is -0.138. The zero-order valence-electron chi connectivity index (χ0n) is 10.8. The van der Waals surface area contributed by atoms with Crippen molar-refractivity contribution in [3.05, 3.63) is 42.0 Å². The summed E-state index contributed by atoms with van der Waals surface area (Å²) in [5.41, 5.74) is 6.51. The Morgan fingerprint density at radius 2 is 2.05 bits per heavy atom. The summed E-state index contributed by atoms with van der Waals surface area (Å²) in [4.78, 5) is 10.9. The molecule has 4 nitrogen and oxygen atoms in total. The highest BCUT2D eigenvalue weighted by Crippen LogP contribution is 2.29. The standard InChI is InChI=1S/C15H17NO3/c1-2-19-14-8-7-10-5-3-4-6-11(10)12(14)9-13(16)15(17)18/h3-8,13H,2,9,16H2,1H3,(H,17,18). The molecule has 0 radical (unpaired) electrons. The fourth-order valence-electron chi connectivity index (χ4n) is 2.12. The van der Waals surface area contributed by atoms with Gasteiger partial charge in [-0.15, -0.1) is 0 Å². The van der Waals surface area contributed by atoms with E-state index in [9.17, 15) is 4.79 Å². The Hall–Kier alpha value is -2.07. The van der Waals surface area contributed by atoms with Gasteiger partial charge >= 0.3 is 5.97 Å². The van der Waals surface area contributed by atoms with Gasteiger partial charge in [-0.1, -0.05) is 30.3 Å². The van der Waals surface area contributed by atoms with Gasteiger partial charge in [0.15, 0.2) is 0 Å². The molecule has 0 fully saturated rings. The van der Waals surface area contributed by atoms with Crippen molar-refractivity contribution < 1.29 is 14.6 Å². The molecule has 0 aliphatic carbocycles. The lowest BCUT2D eigenvalue weighted by atomic mass is 9.98. The summed E-state index contributed by atoms with van der Waals surface area (Å²) in [6.45, 7) is 2.43. The Labute approximate surface area is 111 Å². The molecule has 0 amide bonds. The zero-order valence-corrected chi connectivity index (χ0v) is 10.8. The molecule has 2 rings (SSSR count). The predicted octanol–water partition coefficient (Wildman–Crippen LogP) is 2.19. The van der Waals surface area contributed by atoms with E-state index in [0.717, 1.165) is 16.3 Å². The normalized spacial score (nSPS) is 12.3. The Morgan fingerprint density at radius 1 is 1.32 bits per heavy atom. The molecular weight excluding hydrogens is 242 g/mol. The lowest BCUT2D eigenvalue weighted by Gasteiger charge is -2.15. The van der Waals surface area contributed by atoms with Crippen LogP contribution < -0.4 is 10.5 Å². The first kappa shape index (κ1) is 13.4. The molecule has 100 valence electrons. The van der Waals surface area contributed by atoms with Crippen LogP contribution in [0.5, 0.6) is 5.75 Å². The summed E-state index contributed by atoms with van der Waals surface area (Å²) in [6.07, 6.45) is 0.256. The third kappa shape index (κ3) is 2.85. The van der Waals surface area contributed by atoms with E-state index >= 15 is 0 Å². The summed E-state index contributed by atoms with van der Waals surface area (Å²) in [5, 5.41) is 11.0. The largest absolute Gasteiger partial charge is 0.494 e. The van der Waals surface area contributed by atoms with Crippen LogP contribution in [0.4, 0.5) is 0 Å². The quantitative estimate of drug-likeness (QED) is 0.863. The fourth-order valence-corrected chi connectivity index (χ4v) is 2.12. The molecule has 0 aliphatic heterocycles. The van der Waals surface area contributed by atoms with E-state index in [-0.39, 0.29) is 6.42 Å². The zero-order chi connectivity index (χ0) is 13.8. The highest BCUT2D eigenvalue weighted by atomic mass is 16.5. The number of hydrogen-bond donors (Lipinski definition) is 2. The maximum Gasteiger partial charge on any atom is 0.320 e. The molecule has 1 unspecified atom stereocenters. The SMILES string of the molecule is CCOc1ccc2ccccc2c1CC(N)C(=O)O. The van der Waals surface area contributed by atoms with E-state index < -0.39 is 12.0 Å². The topological polar surface area (TPSA) is 72.5 Å². The van der Waals surface area contributed by atoms with E-state index in [2.05, 4.69) is 0 Å². The van der Waals surface area contributed by atoms with Crippen molar-refractivity contribution in [2.45, 2.75) is 19.4 Å². The number of hydrogen-bond acceptors (Lipinski definition) is 3. The maximum absolute atomic E-state index is 10.9. The van der Waals surface area contributed by atoms with Crippen molar-refractivity contribution in [1.82, 2.24) is 0 Å². The minimum absolute atomic E-state index is 0.256. The van der Waals surface area contributed by atoms with Crippen molar-refractivity contribution in [3.63, 3.8) is 0 Å². The fraction of sp³-hybridized carbons (Fsp3) is 0.267. The van der Waals surface area contributed by atoms with Crippen LogP contribution in [-0.2, 0) is 11.2 Å². The monoisotopic (exact) mass is 259 g/mol. The second kappa shape index (κ2) is 5.71. The van der Waals surface area contributed by atoms with Gasteiger partial charge in [0.2, 0.25) is 0 Å². The van der Waals surface area contributed by atoms with Crippen LogP contribution in [0.15, 0.2) is 36.4 Å². The van der Waals surface area contributed by atoms with Gasteiger partial charge in [-0.05, 0) is 23.8 Å². The van der Waals surface area contributed by atoms with Gasteiger partial charge in [-0.3, -0.25) is 4.79 Å². The number of aliphatic carboxylic acids is 1. The lowest BCUT2D eigenvalue weighted by Crippen LogP contribution is -2.32. The van der Waals surface area contributed by atoms with Crippen molar-refractivity contribution >= 4 is 16.7 Å². The van der Waals surface area contributed by atoms with Crippen molar-refractivity contribution in [2.24, 2.45) is 5.73 Å². The number of benzene rings is 2. The van der Waals surface area contributed by atoms with Gasteiger partial charge < -0.3 is 15.6 Å². The van der Waals surface area contributed by atoms with Crippen LogP contribution in [0.25, 0.3) is 10.8 Å². The van der Waals surface area contributed by atoms with Crippen LogP contribution in [0.2, 0.25) is 0 Å². The third-order valence-corrected chi connectivity index (χ3v) is 3.04. The Kier molecular flexibility index (Phi) is 4.02. The van der Waals surface area contributed by atoms with Gasteiger partial charge in [0, 0.05) is 12.0 Å². The number of ether oxygens (including phenoxy) is 1. The smallest absolute Gasteiger partial charge is 0.320 e. The summed E-state index contributed by atoms with van der Waals surface area (Å²) < 4.78 is 5.58. The van der Waals surface area contributed by atoms with Crippen molar-refractivity contribution in [2.75, 3.05) is 6.61 Å². The average molecular weight is 259 g/mol. The van der Waals surface area contributed by atoms with E-state index in [0.29, 0.717) is 12.4 Å². The summed E-state index contributed by atoms with van der Waals surface area (Å²) in [6, 6.07) is 10.7. The Morgan fingerprint density at radius 3 is 2.74 bits per heavy atom. The highest BCUT2D eigenvalue weighted by Gasteiger charge is 2.17. The van der Waals surface area contributed by atoms with Crippen molar-refractivity contribution in [3.8, 4) is 5.75 Å². The molecule has 0 bridgehead atoms. The molecule has 1 atom stereocenters. The minimum atomic E-state index is -1.00. The number of fused-ring (bicyclic) bond motifs is 1. The first-order chi connectivity index (χ1) is 9.13. The van der Waals surface area contributed by atoms with Crippen LogP contribution in [-0.4, -0.2) is 23.7 Å². The summed E-state index contributed by atoms with van der Waals surface area (Å²) in [7, 11) is 0. The molecule has 0 heterocycles. The molecule has 0 saturated carbocycles. The number of carboxylic acids is 1. The molecule has 0 saturated heterocycles. The van der Waals surface area contributed by atoms with Crippen LogP contribution in [0.3, 0.4) is 0 Å². The van der Waals surface area contributed by atoms with E-state index in [1.54, 1.807) is 0 Å². The molecule has 3 N–H and O–H groups in total. The summed E-state index contributed by atoms with van der Waals surface area (Å²) in [5.74, 6) is -0.298.